The molecular formula is C6H12O8. The van der Waals surface area contributed by atoms with Gasteiger partial charge in [0.2, 0.25) is 0 Å². The number of carbonyl (C=O) groups excluding carboxylic acids is 1. The zero-order valence-corrected chi connectivity index (χ0v) is 7.02. The monoisotopic (exact) mass is 212 g/mol. The molecule has 0 aromatic carbocycles. The highest BCUT2D eigenvalue weighted by atomic mass is 17.1. The third kappa shape index (κ3) is 3.18. The summed E-state index contributed by atoms with van der Waals surface area (Å²) in [6.07, 6.45) is -7.94. The van der Waals surface area contributed by atoms with E-state index >= 15 is 0 Å². The summed E-state index contributed by atoms with van der Waals surface area (Å²) in [7, 11) is 0. The smallest absolute Gasteiger partial charge is 0.373 e. The van der Waals surface area contributed by atoms with E-state index in [9.17, 15) is 4.79 Å². The predicted molar refractivity (Wildman–Crippen MR) is 39.8 cm³/mol. The number of carbonyl (C=O) groups is 1. The molecule has 0 aliphatic rings. The average Bonchev–Trinajstić information content (AvgIpc) is 2.23. The van der Waals surface area contributed by atoms with Crippen molar-refractivity contribution in [2.45, 2.75) is 24.4 Å². The Morgan fingerprint density at radius 3 is 2.00 bits per heavy atom. The lowest BCUT2D eigenvalue weighted by molar-refractivity contribution is -0.249. The van der Waals surface area contributed by atoms with Crippen LogP contribution in [-0.2, 0) is 9.68 Å². The largest absolute Gasteiger partial charge is 0.394 e. The van der Waals surface area contributed by atoms with Crippen LogP contribution in [0.1, 0.15) is 0 Å². The van der Waals surface area contributed by atoms with Crippen LogP contribution >= 0.6 is 0 Å². The van der Waals surface area contributed by atoms with Gasteiger partial charge >= 0.3 is 5.97 Å². The molecule has 0 saturated carbocycles. The van der Waals surface area contributed by atoms with Crippen molar-refractivity contribution in [2.24, 2.45) is 0 Å². The van der Waals surface area contributed by atoms with Crippen LogP contribution in [0, 0.1) is 0 Å². The molecule has 0 amide bonds. The van der Waals surface area contributed by atoms with E-state index in [0.717, 1.165) is 0 Å². The Labute approximate surface area is 78.5 Å². The van der Waals surface area contributed by atoms with E-state index in [0.29, 0.717) is 0 Å². The quantitative estimate of drug-likeness (QED) is 0.202. The summed E-state index contributed by atoms with van der Waals surface area (Å²) in [5.74, 6) is -1.58. The van der Waals surface area contributed by atoms with Gasteiger partial charge in [0.05, 0.1) is 6.61 Å². The van der Waals surface area contributed by atoms with Crippen LogP contribution in [-0.4, -0.2) is 67.8 Å². The van der Waals surface area contributed by atoms with E-state index in [1.54, 1.807) is 0 Å². The summed E-state index contributed by atoms with van der Waals surface area (Å²) in [6.45, 7) is -0.862. The van der Waals surface area contributed by atoms with Gasteiger partial charge in [-0.15, -0.1) is 0 Å². The SMILES string of the molecule is O=C(OO)[C@H](O)[C@@H](O)[C@H](O)[C@H](O)CO. The second kappa shape index (κ2) is 5.86. The Morgan fingerprint density at radius 1 is 1.14 bits per heavy atom. The van der Waals surface area contributed by atoms with E-state index in [-0.39, 0.29) is 0 Å². The van der Waals surface area contributed by atoms with Crippen molar-refractivity contribution in [3.8, 4) is 0 Å². The third-order valence-electron chi connectivity index (χ3n) is 1.59. The topological polar surface area (TPSA) is 148 Å². The van der Waals surface area contributed by atoms with Crippen molar-refractivity contribution in [3.63, 3.8) is 0 Å². The molecule has 0 spiro atoms. The molecule has 14 heavy (non-hydrogen) atoms. The molecule has 6 N–H and O–H groups in total. The fourth-order valence-electron chi connectivity index (χ4n) is 0.716. The Kier molecular flexibility index (Phi) is 5.53. The van der Waals surface area contributed by atoms with Crippen molar-refractivity contribution >= 4 is 5.97 Å². The second-order valence-corrected chi connectivity index (χ2v) is 2.59. The highest BCUT2D eigenvalue weighted by Gasteiger charge is 2.35. The molecule has 0 aliphatic heterocycles. The molecule has 8 nitrogen and oxygen atoms in total. The number of aliphatic hydroxyl groups excluding tert-OH is 5. The van der Waals surface area contributed by atoms with Crippen LogP contribution in [0.4, 0.5) is 0 Å². The van der Waals surface area contributed by atoms with Gasteiger partial charge < -0.3 is 25.5 Å². The molecule has 0 bridgehead atoms. The van der Waals surface area contributed by atoms with Gasteiger partial charge in [-0.25, -0.2) is 4.79 Å². The highest BCUT2D eigenvalue weighted by Crippen LogP contribution is 2.05. The molecular weight excluding hydrogens is 200 g/mol. The number of rotatable bonds is 5. The maximum atomic E-state index is 10.4. The molecule has 0 fully saturated rings. The van der Waals surface area contributed by atoms with Crippen LogP contribution in [0.15, 0.2) is 0 Å². The van der Waals surface area contributed by atoms with E-state index < -0.39 is 37.0 Å². The van der Waals surface area contributed by atoms with E-state index in [4.69, 9.17) is 30.8 Å². The molecule has 8 heteroatoms. The first-order valence-electron chi connectivity index (χ1n) is 3.64. The molecule has 0 unspecified atom stereocenters. The molecule has 84 valence electrons. The van der Waals surface area contributed by atoms with Gasteiger partial charge in [0.15, 0.2) is 6.10 Å². The van der Waals surface area contributed by atoms with Crippen molar-refractivity contribution in [1.29, 1.82) is 0 Å². The number of aliphatic hydroxyl groups is 5. The fourth-order valence-corrected chi connectivity index (χ4v) is 0.716. The molecule has 0 aromatic rings. The Bertz CT molecular complexity index is 183. The Hall–Kier alpha value is -0.770. The average molecular weight is 212 g/mol. The minimum absolute atomic E-state index is 0.862. The molecule has 0 saturated heterocycles. The lowest BCUT2D eigenvalue weighted by Crippen LogP contribution is -2.48. The molecule has 0 aliphatic carbocycles. The van der Waals surface area contributed by atoms with E-state index in [1.165, 1.54) is 0 Å². The maximum Gasteiger partial charge on any atom is 0.373 e. The fraction of sp³-hybridized carbons (Fsp3) is 0.833. The summed E-state index contributed by atoms with van der Waals surface area (Å²) < 4.78 is 0. The molecule has 4 atom stereocenters. The summed E-state index contributed by atoms with van der Waals surface area (Å²) in [5.41, 5.74) is 0. The normalized spacial score (nSPS) is 19.6. The zero-order valence-electron chi connectivity index (χ0n) is 7.02. The van der Waals surface area contributed by atoms with Gasteiger partial charge in [-0.1, -0.05) is 0 Å². The first-order chi connectivity index (χ1) is 6.45. The van der Waals surface area contributed by atoms with Crippen LogP contribution in [0.2, 0.25) is 0 Å². The number of hydrogen-bond donors (Lipinski definition) is 6. The maximum absolute atomic E-state index is 10.4. The third-order valence-corrected chi connectivity index (χ3v) is 1.59. The van der Waals surface area contributed by atoms with E-state index in [2.05, 4.69) is 4.89 Å². The highest BCUT2D eigenvalue weighted by molar-refractivity contribution is 5.74. The van der Waals surface area contributed by atoms with Gasteiger partial charge in [0.1, 0.15) is 18.3 Å². The van der Waals surface area contributed by atoms with Crippen LogP contribution in [0.25, 0.3) is 0 Å². The van der Waals surface area contributed by atoms with Crippen LogP contribution in [0.3, 0.4) is 0 Å². The summed E-state index contributed by atoms with van der Waals surface area (Å²) in [6, 6.07) is 0. The van der Waals surface area contributed by atoms with Crippen molar-refractivity contribution in [3.05, 3.63) is 0 Å². The number of hydrogen-bond acceptors (Lipinski definition) is 8. The summed E-state index contributed by atoms with van der Waals surface area (Å²) >= 11 is 0. The van der Waals surface area contributed by atoms with Crippen molar-refractivity contribution < 1.29 is 40.5 Å². The lowest BCUT2D eigenvalue weighted by atomic mass is 10.0. The predicted octanol–water partition coefficient (Wildman–Crippen LogP) is -3.56. The lowest BCUT2D eigenvalue weighted by Gasteiger charge is -2.23. The first-order valence-corrected chi connectivity index (χ1v) is 3.64. The van der Waals surface area contributed by atoms with Gasteiger partial charge in [-0.2, -0.15) is 5.26 Å². The van der Waals surface area contributed by atoms with E-state index in [1.807, 2.05) is 0 Å². The van der Waals surface area contributed by atoms with Gasteiger partial charge in [0, 0.05) is 0 Å². The standard InChI is InChI=1S/C6H12O8/c7-1-2(8)3(9)4(10)5(11)6(12)14-13/h2-5,7-11,13H,1H2/t2-,3-,4+,5-/m1/s1. The summed E-state index contributed by atoms with van der Waals surface area (Å²) in [4.78, 5) is 13.5. The molecule has 0 radical (unpaired) electrons. The molecule has 0 aromatic heterocycles. The first kappa shape index (κ1) is 13.2. The molecule has 0 rings (SSSR count). The molecule has 0 heterocycles. The Morgan fingerprint density at radius 2 is 1.64 bits per heavy atom. The zero-order chi connectivity index (χ0) is 11.3. The van der Waals surface area contributed by atoms with Crippen molar-refractivity contribution in [1.82, 2.24) is 0 Å². The van der Waals surface area contributed by atoms with Gasteiger partial charge in [-0.05, 0) is 0 Å². The second-order valence-electron chi connectivity index (χ2n) is 2.59. The van der Waals surface area contributed by atoms with Crippen LogP contribution < -0.4 is 0 Å². The minimum Gasteiger partial charge on any atom is -0.394 e. The Balaban J connectivity index is 4.30. The summed E-state index contributed by atoms with van der Waals surface area (Å²) in [5, 5.41) is 51.9. The van der Waals surface area contributed by atoms with Gasteiger partial charge in [-0.3, -0.25) is 4.89 Å². The minimum atomic E-state index is -2.21. The van der Waals surface area contributed by atoms with Crippen molar-refractivity contribution in [2.75, 3.05) is 6.61 Å². The van der Waals surface area contributed by atoms with Crippen LogP contribution in [0.5, 0.6) is 0 Å². The van der Waals surface area contributed by atoms with Gasteiger partial charge in [0.25, 0.3) is 0 Å².